The van der Waals surface area contributed by atoms with E-state index in [1.165, 1.54) is 6.92 Å². The van der Waals surface area contributed by atoms with Gasteiger partial charge in [0, 0.05) is 13.6 Å². The molecule has 0 aliphatic carbocycles. The van der Waals surface area contributed by atoms with Crippen LogP contribution in [0.15, 0.2) is 18.2 Å². The number of aryl methyl sites for hydroxylation is 3. The van der Waals surface area contributed by atoms with Gasteiger partial charge in [0.2, 0.25) is 0 Å². The van der Waals surface area contributed by atoms with E-state index in [1.54, 1.807) is 41.5 Å². The van der Waals surface area contributed by atoms with E-state index in [2.05, 4.69) is 20.7 Å². The summed E-state index contributed by atoms with van der Waals surface area (Å²) < 4.78 is 8.72. The van der Waals surface area contributed by atoms with Gasteiger partial charge in [0.1, 0.15) is 5.52 Å². The summed E-state index contributed by atoms with van der Waals surface area (Å²) in [5.41, 5.74) is 3.91. The van der Waals surface area contributed by atoms with Crippen LogP contribution in [0.1, 0.15) is 35.6 Å². The lowest BCUT2D eigenvalue weighted by Crippen LogP contribution is -2.30. The highest BCUT2D eigenvalue weighted by Crippen LogP contribution is 2.19. The number of aromatic nitrogens is 5. The van der Waals surface area contributed by atoms with Gasteiger partial charge >= 0.3 is 5.97 Å². The summed E-state index contributed by atoms with van der Waals surface area (Å²) in [6.45, 7) is 7.83. The van der Waals surface area contributed by atoms with Crippen LogP contribution in [0.2, 0.25) is 0 Å². The molecule has 1 atom stereocenters. The molecule has 142 valence electrons. The summed E-state index contributed by atoms with van der Waals surface area (Å²) in [5.74, 6) is -1.01. The zero-order chi connectivity index (χ0) is 19.7. The number of hydrogen-bond donors (Lipinski definition) is 1. The average Bonchev–Trinajstić information content (AvgIpc) is 3.16. The number of amides is 1. The molecule has 0 unspecified atom stereocenters. The molecule has 27 heavy (non-hydrogen) atoms. The molecular formula is C18H22N6O3. The van der Waals surface area contributed by atoms with Gasteiger partial charge in [-0.2, -0.15) is 5.10 Å². The number of carbonyl (C=O) groups is 2. The number of rotatable bonds is 5. The van der Waals surface area contributed by atoms with Gasteiger partial charge in [-0.15, -0.1) is 5.10 Å². The molecule has 3 rings (SSSR count). The molecule has 0 radical (unpaired) electrons. The summed E-state index contributed by atoms with van der Waals surface area (Å²) >= 11 is 0. The molecule has 0 aliphatic rings. The predicted molar refractivity (Wildman–Crippen MR) is 99.4 cm³/mol. The summed E-state index contributed by atoms with van der Waals surface area (Å²) in [6.07, 6.45) is -0.960. The van der Waals surface area contributed by atoms with Gasteiger partial charge in [-0.1, -0.05) is 5.21 Å². The maximum absolute atomic E-state index is 12.4. The van der Waals surface area contributed by atoms with Crippen LogP contribution in [0.4, 0.5) is 5.69 Å². The van der Waals surface area contributed by atoms with E-state index in [1.807, 2.05) is 13.8 Å². The number of ether oxygens (including phenoxy) is 1. The minimum Gasteiger partial charge on any atom is -0.449 e. The van der Waals surface area contributed by atoms with Crippen molar-refractivity contribution in [3.63, 3.8) is 0 Å². The molecule has 0 saturated heterocycles. The first-order chi connectivity index (χ1) is 12.8. The van der Waals surface area contributed by atoms with Gasteiger partial charge in [-0.25, -0.2) is 9.48 Å². The van der Waals surface area contributed by atoms with E-state index in [4.69, 9.17) is 4.74 Å². The van der Waals surface area contributed by atoms with Gasteiger partial charge < -0.3 is 10.1 Å². The van der Waals surface area contributed by atoms with E-state index in [-0.39, 0.29) is 0 Å². The van der Waals surface area contributed by atoms with Crippen molar-refractivity contribution >= 4 is 28.6 Å². The Morgan fingerprint density at radius 3 is 2.67 bits per heavy atom. The Labute approximate surface area is 156 Å². The molecule has 0 fully saturated rings. The van der Waals surface area contributed by atoms with Crippen LogP contribution < -0.4 is 5.32 Å². The lowest BCUT2D eigenvalue weighted by Gasteiger charge is -2.14. The van der Waals surface area contributed by atoms with Crippen molar-refractivity contribution in [3.8, 4) is 0 Å². The minimum atomic E-state index is -0.960. The van der Waals surface area contributed by atoms with Crippen molar-refractivity contribution in [2.45, 2.75) is 40.3 Å². The SMILES string of the molecule is CCn1nnc2cc(C(=O)O[C@H](C)C(=O)Nc3c(C)nn(C)c3C)ccc21. The molecule has 2 heterocycles. The number of anilines is 1. The third kappa shape index (κ3) is 3.53. The fourth-order valence-electron chi connectivity index (χ4n) is 2.79. The van der Waals surface area contributed by atoms with Gasteiger partial charge in [-0.05, 0) is 45.9 Å². The Morgan fingerprint density at radius 2 is 2.04 bits per heavy atom. The summed E-state index contributed by atoms with van der Waals surface area (Å²) in [4.78, 5) is 24.8. The highest BCUT2D eigenvalue weighted by atomic mass is 16.5. The Morgan fingerprint density at radius 1 is 1.30 bits per heavy atom. The Balaban J connectivity index is 1.70. The quantitative estimate of drug-likeness (QED) is 0.689. The van der Waals surface area contributed by atoms with Crippen molar-refractivity contribution in [1.82, 2.24) is 24.8 Å². The number of esters is 1. The molecule has 0 bridgehead atoms. The third-order valence-electron chi connectivity index (χ3n) is 4.46. The average molecular weight is 370 g/mol. The van der Waals surface area contributed by atoms with Crippen LogP contribution in [0.25, 0.3) is 11.0 Å². The predicted octanol–water partition coefficient (Wildman–Crippen LogP) is 1.99. The Hall–Kier alpha value is -3.23. The van der Waals surface area contributed by atoms with Crippen molar-refractivity contribution in [3.05, 3.63) is 35.2 Å². The van der Waals surface area contributed by atoms with Crippen LogP contribution in [0.3, 0.4) is 0 Å². The molecule has 1 N–H and O–H groups in total. The molecule has 2 aromatic heterocycles. The lowest BCUT2D eigenvalue weighted by atomic mass is 10.2. The van der Waals surface area contributed by atoms with E-state index in [9.17, 15) is 9.59 Å². The maximum Gasteiger partial charge on any atom is 0.338 e. The summed E-state index contributed by atoms with van der Waals surface area (Å²) in [6, 6.07) is 5.01. The van der Waals surface area contributed by atoms with Gasteiger partial charge in [0.05, 0.1) is 28.2 Å². The monoisotopic (exact) mass is 370 g/mol. The second kappa shape index (κ2) is 7.18. The highest BCUT2D eigenvalue weighted by Gasteiger charge is 2.22. The first-order valence-electron chi connectivity index (χ1n) is 8.67. The molecule has 1 aromatic carbocycles. The van der Waals surface area contributed by atoms with Crippen molar-refractivity contribution in [1.29, 1.82) is 0 Å². The van der Waals surface area contributed by atoms with Crippen LogP contribution >= 0.6 is 0 Å². The van der Waals surface area contributed by atoms with E-state index >= 15 is 0 Å². The first-order valence-corrected chi connectivity index (χ1v) is 8.67. The van der Waals surface area contributed by atoms with Crippen LogP contribution in [-0.4, -0.2) is 42.8 Å². The van der Waals surface area contributed by atoms with Gasteiger partial charge in [0.25, 0.3) is 5.91 Å². The zero-order valence-electron chi connectivity index (χ0n) is 16.0. The molecule has 3 aromatic rings. The number of nitrogens with one attached hydrogen (secondary N) is 1. The molecule has 0 aliphatic heterocycles. The smallest absolute Gasteiger partial charge is 0.338 e. The number of hydrogen-bond acceptors (Lipinski definition) is 6. The second-order valence-electron chi connectivity index (χ2n) is 6.31. The largest absolute Gasteiger partial charge is 0.449 e. The topological polar surface area (TPSA) is 104 Å². The molecule has 9 nitrogen and oxygen atoms in total. The Bertz CT molecular complexity index is 1020. The van der Waals surface area contributed by atoms with E-state index in [0.717, 1.165) is 11.2 Å². The normalized spacial score (nSPS) is 12.2. The van der Waals surface area contributed by atoms with Crippen LogP contribution in [0.5, 0.6) is 0 Å². The fourth-order valence-corrected chi connectivity index (χ4v) is 2.79. The standard InChI is InChI=1S/C18H22N6O3/c1-6-24-15-8-7-13(9-14(15)20-22-24)18(26)27-12(4)17(25)19-16-10(2)21-23(5)11(16)3/h7-9,12H,6H2,1-5H3,(H,19,25)/t12-/m1/s1. The highest BCUT2D eigenvalue weighted by molar-refractivity contribution is 5.99. The van der Waals surface area contributed by atoms with Crippen molar-refractivity contribution in [2.75, 3.05) is 5.32 Å². The van der Waals surface area contributed by atoms with Crippen LogP contribution in [0, 0.1) is 13.8 Å². The number of benzene rings is 1. The number of fused-ring (bicyclic) bond motifs is 1. The third-order valence-corrected chi connectivity index (χ3v) is 4.46. The summed E-state index contributed by atoms with van der Waals surface area (Å²) in [5, 5.41) is 15.1. The zero-order valence-corrected chi connectivity index (χ0v) is 16.0. The van der Waals surface area contributed by atoms with Crippen molar-refractivity contribution in [2.24, 2.45) is 7.05 Å². The molecule has 1 amide bonds. The fraction of sp³-hybridized carbons (Fsp3) is 0.389. The number of carbonyl (C=O) groups excluding carboxylic acids is 2. The van der Waals surface area contributed by atoms with Crippen molar-refractivity contribution < 1.29 is 14.3 Å². The summed E-state index contributed by atoms with van der Waals surface area (Å²) in [7, 11) is 1.80. The van der Waals surface area contributed by atoms with Crippen LogP contribution in [-0.2, 0) is 23.1 Å². The molecule has 0 spiro atoms. The second-order valence-corrected chi connectivity index (χ2v) is 6.31. The molecular weight excluding hydrogens is 348 g/mol. The maximum atomic E-state index is 12.4. The first kappa shape index (κ1) is 18.6. The van der Waals surface area contributed by atoms with Gasteiger partial charge in [-0.3, -0.25) is 9.48 Å². The molecule has 9 heteroatoms. The number of nitrogens with zero attached hydrogens (tertiary/aromatic N) is 5. The minimum absolute atomic E-state index is 0.319. The lowest BCUT2D eigenvalue weighted by molar-refractivity contribution is -0.123. The van der Waals surface area contributed by atoms with E-state index < -0.39 is 18.0 Å². The Kier molecular flexibility index (Phi) is 4.93. The molecule has 0 saturated carbocycles. The van der Waals surface area contributed by atoms with Gasteiger partial charge in [0.15, 0.2) is 6.10 Å². The van der Waals surface area contributed by atoms with E-state index in [0.29, 0.717) is 29.0 Å².